The number of nitrogens with two attached hydrogens (primary N) is 1. The maximum atomic E-state index is 13.5. The first-order valence-corrected chi connectivity index (χ1v) is 14.2. The Balaban J connectivity index is 1.35. The van der Waals surface area contributed by atoms with Crippen molar-refractivity contribution in [3.05, 3.63) is 120 Å². The van der Waals surface area contributed by atoms with Crippen LogP contribution in [-0.2, 0) is 6.18 Å². The minimum Gasteiger partial charge on any atom is -0.397 e. The van der Waals surface area contributed by atoms with Crippen molar-refractivity contribution in [2.75, 3.05) is 11.1 Å². The second-order valence-corrected chi connectivity index (χ2v) is 11.0. The van der Waals surface area contributed by atoms with E-state index in [-0.39, 0.29) is 16.4 Å². The topological polar surface area (TPSA) is 97.9 Å². The molecule has 7 aromatic rings. The van der Waals surface area contributed by atoms with Crippen LogP contribution >= 0.6 is 11.3 Å². The molecule has 0 unspecified atom stereocenters. The Labute approximate surface area is 252 Å². The molecule has 0 radical (unpaired) electrons. The number of anilines is 2. The van der Waals surface area contributed by atoms with Gasteiger partial charge in [-0.1, -0.05) is 72.8 Å². The summed E-state index contributed by atoms with van der Waals surface area (Å²) in [5.74, 6) is -0.435. The van der Waals surface area contributed by atoms with Crippen LogP contribution in [0.1, 0.15) is 15.2 Å². The number of benzene rings is 4. The van der Waals surface area contributed by atoms with E-state index in [0.29, 0.717) is 27.0 Å². The van der Waals surface area contributed by atoms with Gasteiger partial charge in [-0.15, -0.1) is 11.3 Å². The number of halogens is 3. The monoisotopic (exact) mass is 608 g/mol. The van der Waals surface area contributed by atoms with Gasteiger partial charge in [-0.2, -0.15) is 13.2 Å². The second-order valence-electron chi connectivity index (χ2n) is 9.98. The van der Waals surface area contributed by atoms with Gasteiger partial charge in [-0.3, -0.25) is 14.6 Å². The molecule has 0 fully saturated rings. The van der Waals surface area contributed by atoms with Crippen LogP contribution in [0.4, 0.5) is 24.7 Å². The third-order valence-corrected chi connectivity index (χ3v) is 8.32. The summed E-state index contributed by atoms with van der Waals surface area (Å²) < 4.78 is 46.9. The number of rotatable bonds is 5. The van der Waals surface area contributed by atoms with Crippen LogP contribution in [0.15, 0.2) is 114 Å². The molecule has 0 atom stereocenters. The summed E-state index contributed by atoms with van der Waals surface area (Å²) in [6.45, 7) is 0. The first-order valence-electron chi connectivity index (χ1n) is 13.4. The van der Waals surface area contributed by atoms with Gasteiger partial charge in [0.2, 0.25) is 11.0 Å². The van der Waals surface area contributed by atoms with E-state index < -0.39 is 17.6 Å². The fraction of sp³-hybridized carbons (Fsp3) is 0.0303. The Bertz CT molecular complexity index is 2170. The molecule has 1 amide bonds. The molecule has 0 bridgehead atoms. The summed E-state index contributed by atoms with van der Waals surface area (Å²) in [5.41, 5.74) is 9.21. The summed E-state index contributed by atoms with van der Waals surface area (Å²) in [6.07, 6.45) is -2.95. The number of carbonyl (C=O) groups is 1. The molecular formula is C33H21F3N5O2S+. The number of amides is 1. The van der Waals surface area contributed by atoms with Gasteiger partial charge in [0, 0.05) is 23.1 Å². The summed E-state index contributed by atoms with van der Waals surface area (Å²) in [4.78, 5) is 19.0. The molecule has 44 heavy (non-hydrogen) atoms. The van der Waals surface area contributed by atoms with Crippen molar-refractivity contribution in [1.29, 1.82) is 0 Å². The smallest absolute Gasteiger partial charge is 0.397 e. The Morgan fingerprint density at radius 1 is 0.886 bits per heavy atom. The molecule has 0 spiro atoms. The average Bonchev–Trinajstić information content (AvgIpc) is 3.64. The number of nitrogens with one attached hydrogen (secondary N) is 1. The third kappa shape index (κ3) is 4.92. The van der Waals surface area contributed by atoms with E-state index in [4.69, 9.17) is 15.2 Å². The molecule has 3 N–H and O–H groups in total. The Morgan fingerprint density at radius 2 is 1.61 bits per heavy atom. The third-order valence-electron chi connectivity index (χ3n) is 7.22. The standard InChI is InChI=1S/C33H20F3N5O2S/c34-33(35,36)21-15-13-20(14-16-21)25-17-26(24-12-6-8-19-7-4-5-11-23(19)24)38-32-28(25)29(37)30(44-32)31(42)39-27-18-41(40-43-27)22-9-2-1-3-10-22/h1-18H,(H2-,37,39,40,42)/p+1. The van der Waals surface area contributed by atoms with Crippen molar-refractivity contribution in [2.24, 2.45) is 0 Å². The molecule has 7 rings (SSSR count). The molecule has 0 saturated carbocycles. The fourth-order valence-electron chi connectivity index (χ4n) is 5.12. The first kappa shape index (κ1) is 27.3. The lowest BCUT2D eigenvalue weighted by atomic mass is 9.96. The minimum atomic E-state index is -4.48. The maximum Gasteiger partial charge on any atom is 0.416 e. The van der Waals surface area contributed by atoms with Gasteiger partial charge in [0.15, 0.2) is 0 Å². The molecule has 11 heteroatoms. The second kappa shape index (κ2) is 10.6. The van der Waals surface area contributed by atoms with E-state index >= 15 is 0 Å². The molecule has 0 aliphatic rings. The number of pyridine rings is 1. The van der Waals surface area contributed by atoms with Crippen molar-refractivity contribution in [3.8, 4) is 28.1 Å². The van der Waals surface area contributed by atoms with E-state index in [9.17, 15) is 18.0 Å². The van der Waals surface area contributed by atoms with Crippen LogP contribution in [-0.4, -0.2) is 16.2 Å². The first-order chi connectivity index (χ1) is 21.3. The number of fused-ring (bicyclic) bond motifs is 2. The number of nitrogens with zero attached hydrogens (tertiary/aromatic N) is 3. The number of carbonyl (C=O) groups excluding carboxylic acids is 1. The normalized spacial score (nSPS) is 11.7. The van der Waals surface area contributed by atoms with Gasteiger partial charge in [-0.05, 0) is 44.8 Å². The maximum absolute atomic E-state index is 13.5. The highest BCUT2D eigenvalue weighted by Crippen LogP contribution is 2.43. The van der Waals surface area contributed by atoms with Crippen molar-refractivity contribution in [3.63, 3.8) is 0 Å². The van der Waals surface area contributed by atoms with E-state index in [2.05, 4.69) is 10.6 Å². The number of aromatic nitrogens is 3. The fourth-order valence-corrected chi connectivity index (χ4v) is 6.13. The van der Waals surface area contributed by atoms with Gasteiger partial charge in [0.05, 0.1) is 16.9 Å². The highest BCUT2D eigenvalue weighted by Gasteiger charge is 2.30. The van der Waals surface area contributed by atoms with Crippen LogP contribution in [0.5, 0.6) is 0 Å². The molecule has 3 heterocycles. The summed E-state index contributed by atoms with van der Waals surface area (Å²) >= 11 is 1.09. The average molecular weight is 609 g/mol. The molecule has 0 aliphatic heterocycles. The van der Waals surface area contributed by atoms with Crippen molar-refractivity contribution in [2.45, 2.75) is 6.18 Å². The van der Waals surface area contributed by atoms with Crippen LogP contribution in [0.25, 0.3) is 49.1 Å². The van der Waals surface area contributed by atoms with E-state index in [0.717, 1.165) is 45.5 Å². The lowest BCUT2D eigenvalue weighted by molar-refractivity contribution is -0.670. The van der Waals surface area contributed by atoms with Crippen molar-refractivity contribution < 1.29 is 27.2 Å². The van der Waals surface area contributed by atoms with Gasteiger partial charge in [-0.25, -0.2) is 4.98 Å². The van der Waals surface area contributed by atoms with E-state index in [1.807, 2.05) is 72.8 Å². The zero-order chi connectivity index (χ0) is 30.4. The quantitative estimate of drug-likeness (QED) is 0.194. The number of hydrogen-bond donors (Lipinski definition) is 2. The van der Waals surface area contributed by atoms with Gasteiger partial charge < -0.3 is 5.73 Å². The SMILES string of the molecule is Nc1c(C(=O)Nc2c[n+](-c3ccccc3)no2)sc2nc(-c3cccc4ccccc34)cc(-c3ccc(C(F)(F)F)cc3)c12. The molecule has 7 nitrogen and oxygen atoms in total. The van der Waals surface area contributed by atoms with Crippen LogP contribution in [0, 0.1) is 0 Å². The van der Waals surface area contributed by atoms with Crippen LogP contribution in [0.3, 0.4) is 0 Å². The highest BCUT2D eigenvalue weighted by atomic mass is 32.1. The molecular weight excluding hydrogens is 587 g/mol. The molecule has 0 saturated heterocycles. The zero-order valence-electron chi connectivity index (χ0n) is 22.7. The predicted molar refractivity (Wildman–Crippen MR) is 163 cm³/mol. The van der Waals surface area contributed by atoms with E-state index in [1.165, 1.54) is 23.0 Å². The Kier molecular flexibility index (Phi) is 6.59. The summed E-state index contributed by atoms with van der Waals surface area (Å²) in [6, 6.07) is 29.6. The minimum absolute atomic E-state index is 0.100. The summed E-state index contributed by atoms with van der Waals surface area (Å²) in [5, 5.41) is 9.08. The number of para-hydroxylation sites is 1. The molecule has 3 aromatic heterocycles. The largest absolute Gasteiger partial charge is 0.416 e. The molecule has 0 aliphatic carbocycles. The van der Waals surface area contributed by atoms with Crippen molar-refractivity contribution in [1.82, 2.24) is 10.3 Å². The number of hydrogen-bond acceptors (Lipinski definition) is 6. The van der Waals surface area contributed by atoms with Gasteiger partial charge in [0.1, 0.15) is 9.71 Å². The van der Waals surface area contributed by atoms with Crippen LogP contribution < -0.4 is 15.7 Å². The lowest BCUT2D eigenvalue weighted by Crippen LogP contribution is -2.31. The van der Waals surface area contributed by atoms with Gasteiger partial charge >= 0.3 is 12.1 Å². The zero-order valence-corrected chi connectivity index (χ0v) is 23.5. The Hall–Kier alpha value is -5.55. The number of thiophene rings is 1. The number of nitrogen functional groups attached to an aromatic ring is 1. The number of alkyl halides is 3. The lowest BCUT2D eigenvalue weighted by Gasteiger charge is -2.12. The highest BCUT2D eigenvalue weighted by molar-refractivity contribution is 7.21. The molecule has 4 aromatic carbocycles. The van der Waals surface area contributed by atoms with Crippen molar-refractivity contribution >= 4 is 49.8 Å². The molecule has 216 valence electrons. The predicted octanol–water partition coefficient (Wildman–Crippen LogP) is 7.90. The van der Waals surface area contributed by atoms with E-state index in [1.54, 1.807) is 6.07 Å². The summed E-state index contributed by atoms with van der Waals surface area (Å²) in [7, 11) is 0. The Morgan fingerprint density at radius 3 is 2.39 bits per heavy atom. The van der Waals surface area contributed by atoms with Crippen LogP contribution in [0.2, 0.25) is 0 Å². The van der Waals surface area contributed by atoms with Gasteiger partial charge in [0.25, 0.3) is 12.1 Å².